The van der Waals surface area contributed by atoms with Crippen molar-refractivity contribution in [2.24, 2.45) is 5.73 Å². The molecule has 0 spiro atoms. The van der Waals surface area contributed by atoms with E-state index in [1.807, 2.05) is 4.90 Å². The van der Waals surface area contributed by atoms with Crippen molar-refractivity contribution < 1.29 is 9.59 Å². The molecule has 6 heteroatoms. The van der Waals surface area contributed by atoms with Gasteiger partial charge in [0.15, 0.2) is 0 Å². The molecule has 1 saturated heterocycles. The van der Waals surface area contributed by atoms with Crippen LogP contribution in [0.3, 0.4) is 0 Å². The smallest absolute Gasteiger partial charge is 0.248 e. The lowest BCUT2D eigenvalue weighted by Gasteiger charge is -2.26. The number of hydrogen-bond acceptors (Lipinski definition) is 4. The molecule has 96 valence electrons. The number of nitrogens with two attached hydrogens (primary N) is 2. The van der Waals surface area contributed by atoms with Crippen molar-refractivity contribution in [1.82, 2.24) is 10.2 Å². The van der Waals surface area contributed by atoms with Crippen molar-refractivity contribution >= 4 is 17.5 Å². The second kappa shape index (κ2) is 5.05. The summed E-state index contributed by atoms with van der Waals surface area (Å²) in [4.78, 5) is 24.3. The molecule has 0 aliphatic carbocycles. The molecular weight excluding hydrogens is 232 g/mol. The molecule has 5 N–H and O–H groups in total. The molecule has 0 radical (unpaired) electrons. The van der Waals surface area contributed by atoms with Gasteiger partial charge >= 0.3 is 0 Å². The van der Waals surface area contributed by atoms with Crippen LogP contribution in [0.25, 0.3) is 0 Å². The summed E-state index contributed by atoms with van der Waals surface area (Å²) in [5, 5.41) is 2.76. The van der Waals surface area contributed by atoms with Gasteiger partial charge in [-0.05, 0) is 17.7 Å². The minimum absolute atomic E-state index is 0.0218. The highest BCUT2D eigenvalue weighted by atomic mass is 16.2. The van der Waals surface area contributed by atoms with Crippen LogP contribution in [0.4, 0.5) is 5.69 Å². The van der Waals surface area contributed by atoms with Gasteiger partial charge in [-0.1, -0.05) is 6.07 Å². The Kier molecular flexibility index (Phi) is 3.47. The fraction of sp³-hybridized carbons (Fsp3) is 0.333. The van der Waals surface area contributed by atoms with E-state index in [1.165, 1.54) is 0 Å². The summed E-state index contributed by atoms with van der Waals surface area (Å²) in [6.45, 7) is 2.41. The molecule has 18 heavy (non-hydrogen) atoms. The van der Waals surface area contributed by atoms with Crippen LogP contribution in [0.2, 0.25) is 0 Å². The number of carbonyl (C=O) groups is 2. The Balaban J connectivity index is 2.09. The second-order valence-electron chi connectivity index (χ2n) is 4.34. The number of hydrogen-bond donors (Lipinski definition) is 3. The molecule has 1 aliphatic rings. The minimum atomic E-state index is -0.495. The van der Waals surface area contributed by atoms with Gasteiger partial charge in [0.05, 0.1) is 6.54 Å². The number of carbonyl (C=O) groups excluding carboxylic acids is 2. The Morgan fingerprint density at radius 1 is 1.44 bits per heavy atom. The summed E-state index contributed by atoms with van der Waals surface area (Å²) in [6, 6.07) is 5.00. The van der Waals surface area contributed by atoms with Gasteiger partial charge in [-0.3, -0.25) is 14.5 Å². The summed E-state index contributed by atoms with van der Waals surface area (Å²) < 4.78 is 0. The quantitative estimate of drug-likeness (QED) is 0.615. The zero-order valence-electron chi connectivity index (χ0n) is 9.98. The average molecular weight is 248 g/mol. The Morgan fingerprint density at radius 3 is 2.83 bits per heavy atom. The Bertz CT molecular complexity index is 487. The number of nitrogens with one attached hydrogen (secondary N) is 1. The van der Waals surface area contributed by atoms with E-state index in [1.54, 1.807) is 18.2 Å². The number of anilines is 1. The van der Waals surface area contributed by atoms with Gasteiger partial charge in [-0.2, -0.15) is 0 Å². The van der Waals surface area contributed by atoms with E-state index >= 15 is 0 Å². The van der Waals surface area contributed by atoms with E-state index in [4.69, 9.17) is 11.5 Å². The maximum absolute atomic E-state index is 11.2. The van der Waals surface area contributed by atoms with Crippen molar-refractivity contribution in [3.63, 3.8) is 0 Å². The van der Waals surface area contributed by atoms with Gasteiger partial charge in [0.25, 0.3) is 0 Å². The highest BCUT2D eigenvalue weighted by molar-refractivity contribution is 5.93. The molecule has 0 atom stereocenters. The summed E-state index contributed by atoms with van der Waals surface area (Å²) in [7, 11) is 0. The molecule has 1 aromatic carbocycles. The van der Waals surface area contributed by atoms with Crippen LogP contribution in [0.1, 0.15) is 15.9 Å². The van der Waals surface area contributed by atoms with Crippen molar-refractivity contribution in [1.29, 1.82) is 0 Å². The molecule has 0 aromatic heterocycles. The van der Waals surface area contributed by atoms with E-state index in [0.717, 1.165) is 12.1 Å². The number of primary amides is 1. The Hall–Kier alpha value is -2.08. The molecule has 0 bridgehead atoms. The molecule has 1 aromatic rings. The molecule has 1 aliphatic heterocycles. The first-order valence-corrected chi connectivity index (χ1v) is 5.73. The maximum Gasteiger partial charge on any atom is 0.248 e. The summed E-state index contributed by atoms with van der Waals surface area (Å²) in [6.07, 6.45) is 0. The molecule has 0 unspecified atom stereocenters. The number of amides is 2. The van der Waals surface area contributed by atoms with Crippen molar-refractivity contribution in [2.45, 2.75) is 6.54 Å². The normalized spacial score (nSPS) is 16.3. The van der Waals surface area contributed by atoms with Crippen LogP contribution < -0.4 is 16.8 Å². The lowest BCUT2D eigenvalue weighted by atomic mass is 10.1. The number of piperazine rings is 1. The topological polar surface area (TPSA) is 101 Å². The standard InChI is InChI=1S/C12H16N4O2/c13-10-5-8(12(14)18)1-2-9(10)6-16-4-3-15-11(17)7-16/h1-2,5H,3-4,6-7,13H2,(H2,14,18)(H,15,17). The van der Waals surface area contributed by atoms with Crippen LogP contribution in [-0.2, 0) is 11.3 Å². The van der Waals surface area contributed by atoms with Gasteiger partial charge in [-0.15, -0.1) is 0 Å². The zero-order valence-corrected chi connectivity index (χ0v) is 9.98. The minimum Gasteiger partial charge on any atom is -0.398 e. The molecule has 1 heterocycles. The molecule has 2 rings (SSSR count). The SMILES string of the molecule is NC(=O)c1ccc(CN2CCNC(=O)C2)c(N)c1. The summed E-state index contributed by atoms with van der Waals surface area (Å²) in [5.74, 6) is -0.473. The first-order valence-electron chi connectivity index (χ1n) is 5.73. The van der Waals surface area contributed by atoms with E-state index in [0.29, 0.717) is 30.9 Å². The number of nitrogen functional groups attached to an aromatic ring is 1. The van der Waals surface area contributed by atoms with Crippen molar-refractivity contribution in [3.05, 3.63) is 29.3 Å². The van der Waals surface area contributed by atoms with Crippen LogP contribution in [0, 0.1) is 0 Å². The first kappa shape index (κ1) is 12.4. The Morgan fingerprint density at radius 2 is 2.22 bits per heavy atom. The fourth-order valence-corrected chi connectivity index (χ4v) is 1.96. The monoisotopic (exact) mass is 248 g/mol. The maximum atomic E-state index is 11.2. The third-order valence-electron chi connectivity index (χ3n) is 2.94. The van der Waals surface area contributed by atoms with Crippen LogP contribution in [0.5, 0.6) is 0 Å². The second-order valence-corrected chi connectivity index (χ2v) is 4.34. The van der Waals surface area contributed by atoms with Crippen LogP contribution in [-0.4, -0.2) is 36.3 Å². The first-order chi connectivity index (χ1) is 8.56. The molecule has 2 amide bonds. The molecule has 1 fully saturated rings. The lowest BCUT2D eigenvalue weighted by molar-refractivity contribution is -0.124. The van der Waals surface area contributed by atoms with E-state index < -0.39 is 5.91 Å². The van der Waals surface area contributed by atoms with Gasteiger partial charge in [0.1, 0.15) is 0 Å². The summed E-state index contributed by atoms with van der Waals surface area (Å²) >= 11 is 0. The average Bonchev–Trinajstić information content (AvgIpc) is 2.31. The third kappa shape index (κ3) is 2.78. The molecular formula is C12H16N4O2. The molecule has 0 saturated carbocycles. The number of benzene rings is 1. The highest BCUT2D eigenvalue weighted by Gasteiger charge is 2.17. The van der Waals surface area contributed by atoms with Gasteiger partial charge in [-0.25, -0.2) is 0 Å². The van der Waals surface area contributed by atoms with Gasteiger partial charge in [0.2, 0.25) is 11.8 Å². The van der Waals surface area contributed by atoms with Crippen molar-refractivity contribution in [2.75, 3.05) is 25.4 Å². The van der Waals surface area contributed by atoms with Crippen LogP contribution >= 0.6 is 0 Å². The van der Waals surface area contributed by atoms with Crippen molar-refractivity contribution in [3.8, 4) is 0 Å². The number of rotatable bonds is 3. The van der Waals surface area contributed by atoms with E-state index in [2.05, 4.69) is 5.32 Å². The third-order valence-corrected chi connectivity index (χ3v) is 2.94. The summed E-state index contributed by atoms with van der Waals surface area (Å²) in [5.41, 5.74) is 12.9. The zero-order chi connectivity index (χ0) is 13.1. The highest BCUT2D eigenvalue weighted by Crippen LogP contribution is 2.16. The van der Waals surface area contributed by atoms with Gasteiger partial charge in [0, 0.05) is 30.9 Å². The molecule has 6 nitrogen and oxygen atoms in total. The predicted molar refractivity (Wildman–Crippen MR) is 67.7 cm³/mol. The predicted octanol–water partition coefficient (Wildman–Crippen LogP) is -0.700. The van der Waals surface area contributed by atoms with E-state index in [9.17, 15) is 9.59 Å². The van der Waals surface area contributed by atoms with Crippen LogP contribution in [0.15, 0.2) is 18.2 Å². The number of nitrogens with zero attached hydrogens (tertiary/aromatic N) is 1. The largest absolute Gasteiger partial charge is 0.398 e. The van der Waals surface area contributed by atoms with Gasteiger partial charge < -0.3 is 16.8 Å². The fourth-order valence-electron chi connectivity index (χ4n) is 1.96. The van der Waals surface area contributed by atoms with E-state index in [-0.39, 0.29) is 5.91 Å². The lowest BCUT2D eigenvalue weighted by Crippen LogP contribution is -2.47. The Labute approximate surface area is 105 Å².